The average Bonchev–Trinajstić information content (AvgIpc) is 2.95. The van der Waals surface area contributed by atoms with E-state index < -0.39 is 37.3 Å². The predicted molar refractivity (Wildman–Crippen MR) is 91.6 cm³/mol. The van der Waals surface area contributed by atoms with Gasteiger partial charge in [-0.1, -0.05) is 60.7 Å². The third-order valence-electron chi connectivity index (χ3n) is 4.46. The van der Waals surface area contributed by atoms with Gasteiger partial charge in [-0.05, 0) is 11.1 Å². The van der Waals surface area contributed by atoms with E-state index >= 15 is 0 Å². The Labute approximate surface area is 146 Å². The molecule has 6 nitrogen and oxygen atoms in total. The van der Waals surface area contributed by atoms with Crippen LogP contribution in [0, 0.1) is 0 Å². The molecule has 3 rings (SSSR count). The zero-order valence-corrected chi connectivity index (χ0v) is 13.6. The summed E-state index contributed by atoms with van der Waals surface area (Å²) in [6.07, 6.45) is -5.70. The Hall–Kier alpha value is -1.80. The molecule has 0 amide bonds. The summed E-state index contributed by atoms with van der Waals surface area (Å²) in [5.41, 5.74) is 1.95. The lowest BCUT2D eigenvalue weighted by atomic mass is 9.98. The maximum Gasteiger partial charge on any atom is 0.138 e. The molecule has 5 atom stereocenters. The number of hydrogen-bond donors (Lipinski definition) is 5. The first-order valence-electron chi connectivity index (χ1n) is 8.28. The molecule has 1 aliphatic heterocycles. The van der Waals surface area contributed by atoms with Crippen molar-refractivity contribution in [2.45, 2.75) is 36.7 Å². The van der Waals surface area contributed by atoms with Crippen LogP contribution in [0.1, 0.15) is 17.2 Å². The van der Waals surface area contributed by atoms with E-state index in [0.29, 0.717) is 0 Å². The van der Waals surface area contributed by atoms with E-state index in [2.05, 4.69) is 5.32 Å². The monoisotopic (exact) mass is 345 g/mol. The van der Waals surface area contributed by atoms with Gasteiger partial charge in [-0.15, -0.1) is 0 Å². The summed E-state index contributed by atoms with van der Waals surface area (Å²) < 4.78 is 5.59. The van der Waals surface area contributed by atoms with Crippen molar-refractivity contribution in [2.75, 3.05) is 6.61 Å². The van der Waals surface area contributed by atoms with Gasteiger partial charge < -0.3 is 25.2 Å². The maximum atomic E-state index is 10.3. The minimum absolute atomic E-state index is 0.265. The van der Waals surface area contributed by atoms with Crippen molar-refractivity contribution in [3.8, 4) is 0 Å². The molecule has 134 valence electrons. The number of aliphatic hydroxyl groups excluding tert-OH is 4. The second-order valence-corrected chi connectivity index (χ2v) is 6.17. The van der Waals surface area contributed by atoms with Crippen LogP contribution in [-0.4, -0.2) is 57.7 Å². The topological polar surface area (TPSA) is 102 Å². The Balaban J connectivity index is 1.84. The van der Waals surface area contributed by atoms with Crippen LogP contribution in [0.2, 0.25) is 0 Å². The van der Waals surface area contributed by atoms with E-state index in [-0.39, 0.29) is 6.04 Å². The molecule has 1 aliphatic rings. The zero-order chi connectivity index (χ0) is 17.8. The lowest BCUT2D eigenvalue weighted by molar-refractivity contribution is -0.0879. The van der Waals surface area contributed by atoms with Gasteiger partial charge >= 0.3 is 0 Å². The molecule has 5 N–H and O–H groups in total. The Bertz CT molecular complexity index is 614. The van der Waals surface area contributed by atoms with Crippen LogP contribution in [0.5, 0.6) is 0 Å². The summed E-state index contributed by atoms with van der Waals surface area (Å²) in [6.45, 7) is -0.554. The normalized spacial score (nSPS) is 27.6. The third-order valence-corrected chi connectivity index (χ3v) is 4.46. The molecular weight excluding hydrogens is 322 g/mol. The Morgan fingerprint density at radius 1 is 0.880 bits per heavy atom. The average molecular weight is 345 g/mol. The number of ether oxygens (including phenoxy) is 1. The summed E-state index contributed by atoms with van der Waals surface area (Å²) in [7, 11) is 0. The maximum absolute atomic E-state index is 10.3. The van der Waals surface area contributed by atoms with E-state index in [0.717, 1.165) is 11.1 Å². The van der Waals surface area contributed by atoms with Crippen LogP contribution in [0.3, 0.4) is 0 Å². The molecule has 1 fully saturated rings. The van der Waals surface area contributed by atoms with Gasteiger partial charge in [0.15, 0.2) is 0 Å². The molecule has 6 heteroatoms. The van der Waals surface area contributed by atoms with Gasteiger partial charge in [-0.2, -0.15) is 0 Å². The van der Waals surface area contributed by atoms with Crippen molar-refractivity contribution in [1.82, 2.24) is 5.32 Å². The molecule has 2 aromatic rings. The number of benzene rings is 2. The smallest absolute Gasteiger partial charge is 0.138 e. The summed E-state index contributed by atoms with van der Waals surface area (Å²) in [5, 5.41) is 42.4. The van der Waals surface area contributed by atoms with Crippen molar-refractivity contribution in [1.29, 1.82) is 0 Å². The molecule has 1 heterocycles. The number of hydrogen-bond acceptors (Lipinski definition) is 6. The van der Waals surface area contributed by atoms with Crippen molar-refractivity contribution >= 4 is 0 Å². The first-order chi connectivity index (χ1) is 12.1. The SMILES string of the molecule is OC[C@@H](O)[C@H]1O[C@@H](NC(c2ccccc2)c2ccccc2)[C@@H](O)[C@H]1O. The Morgan fingerprint density at radius 3 is 1.88 bits per heavy atom. The van der Waals surface area contributed by atoms with Crippen LogP contribution < -0.4 is 5.32 Å². The highest BCUT2D eigenvalue weighted by Gasteiger charge is 2.46. The summed E-state index contributed by atoms with van der Waals surface area (Å²) in [5.74, 6) is 0. The standard InChI is InChI=1S/C19H23NO5/c21-11-14(22)18-16(23)17(24)19(25-18)20-15(12-7-3-1-4-8-12)13-9-5-2-6-10-13/h1-10,14-24H,11H2/t14-,16-,17+,18-,19-/m1/s1. The molecule has 0 bridgehead atoms. The van der Waals surface area contributed by atoms with Gasteiger partial charge in [0.05, 0.1) is 12.6 Å². The van der Waals surface area contributed by atoms with Crippen LogP contribution in [0.4, 0.5) is 0 Å². The molecule has 0 unspecified atom stereocenters. The highest BCUT2D eigenvalue weighted by atomic mass is 16.6. The van der Waals surface area contributed by atoms with Gasteiger partial charge in [0.25, 0.3) is 0 Å². The highest BCUT2D eigenvalue weighted by molar-refractivity contribution is 5.31. The van der Waals surface area contributed by atoms with E-state index in [1.165, 1.54) is 0 Å². The highest BCUT2D eigenvalue weighted by Crippen LogP contribution is 2.28. The largest absolute Gasteiger partial charge is 0.394 e. The number of nitrogens with one attached hydrogen (secondary N) is 1. The third kappa shape index (κ3) is 3.90. The fraction of sp³-hybridized carbons (Fsp3) is 0.368. The summed E-state index contributed by atoms with van der Waals surface area (Å²) >= 11 is 0. The molecule has 2 aromatic carbocycles. The van der Waals surface area contributed by atoms with E-state index in [1.807, 2.05) is 60.7 Å². The van der Waals surface area contributed by atoms with E-state index in [9.17, 15) is 15.3 Å². The fourth-order valence-electron chi connectivity index (χ4n) is 3.10. The quantitative estimate of drug-likeness (QED) is 0.511. The van der Waals surface area contributed by atoms with Crippen LogP contribution in [0.25, 0.3) is 0 Å². The van der Waals surface area contributed by atoms with Gasteiger partial charge in [-0.3, -0.25) is 5.32 Å². The Morgan fingerprint density at radius 2 is 1.40 bits per heavy atom. The molecule has 1 saturated heterocycles. The minimum atomic E-state index is -1.29. The molecule has 0 radical (unpaired) electrons. The predicted octanol–water partition coefficient (Wildman–Crippen LogP) is 0.165. The molecule has 0 saturated carbocycles. The van der Waals surface area contributed by atoms with Gasteiger partial charge in [-0.25, -0.2) is 0 Å². The van der Waals surface area contributed by atoms with E-state index in [1.54, 1.807) is 0 Å². The van der Waals surface area contributed by atoms with Gasteiger partial charge in [0.1, 0.15) is 30.6 Å². The summed E-state index contributed by atoms with van der Waals surface area (Å²) in [4.78, 5) is 0. The van der Waals surface area contributed by atoms with Gasteiger partial charge in [0, 0.05) is 0 Å². The van der Waals surface area contributed by atoms with Crippen LogP contribution in [0.15, 0.2) is 60.7 Å². The lowest BCUT2D eigenvalue weighted by Crippen LogP contribution is -2.43. The molecule has 0 spiro atoms. The Kier molecular flexibility index (Phi) is 5.80. The fourth-order valence-corrected chi connectivity index (χ4v) is 3.10. The summed E-state index contributed by atoms with van der Waals surface area (Å²) in [6, 6.07) is 19.1. The zero-order valence-electron chi connectivity index (χ0n) is 13.6. The number of rotatable bonds is 6. The van der Waals surface area contributed by atoms with Crippen LogP contribution >= 0.6 is 0 Å². The van der Waals surface area contributed by atoms with E-state index in [4.69, 9.17) is 9.84 Å². The first kappa shape index (κ1) is 18.0. The lowest BCUT2D eigenvalue weighted by Gasteiger charge is -2.26. The molecule has 0 aliphatic carbocycles. The molecule has 25 heavy (non-hydrogen) atoms. The first-order valence-corrected chi connectivity index (χ1v) is 8.28. The van der Waals surface area contributed by atoms with Crippen molar-refractivity contribution < 1.29 is 25.2 Å². The molecular formula is C19H23NO5. The van der Waals surface area contributed by atoms with Gasteiger partial charge in [0.2, 0.25) is 0 Å². The molecule has 0 aromatic heterocycles. The van der Waals surface area contributed by atoms with Crippen molar-refractivity contribution in [2.24, 2.45) is 0 Å². The minimum Gasteiger partial charge on any atom is -0.394 e. The number of aliphatic hydroxyl groups is 4. The second kappa shape index (κ2) is 8.05. The second-order valence-electron chi connectivity index (χ2n) is 6.17. The van der Waals surface area contributed by atoms with Crippen LogP contribution in [-0.2, 0) is 4.74 Å². The van der Waals surface area contributed by atoms with Crippen molar-refractivity contribution in [3.05, 3.63) is 71.8 Å². The van der Waals surface area contributed by atoms with Crippen molar-refractivity contribution in [3.63, 3.8) is 0 Å².